The van der Waals surface area contributed by atoms with Gasteiger partial charge in [0.2, 0.25) is 0 Å². The first-order valence-corrected chi connectivity index (χ1v) is 5.92. The number of nitrogens with zero attached hydrogens (tertiary/aromatic N) is 1. The molecule has 0 fully saturated rings. The zero-order chi connectivity index (χ0) is 10.4. The number of nitrogens with one attached hydrogen (secondary N) is 1. The molecule has 0 saturated carbocycles. The van der Waals surface area contributed by atoms with Crippen LogP contribution in [0.3, 0.4) is 0 Å². The molecule has 0 radical (unpaired) electrons. The van der Waals surface area contributed by atoms with Gasteiger partial charge in [0.05, 0.1) is 0 Å². The fourth-order valence-corrected chi connectivity index (χ4v) is 2.04. The van der Waals surface area contributed by atoms with E-state index in [0.29, 0.717) is 5.92 Å². The van der Waals surface area contributed by atoms with Crippen LogP contribution in [0.25, 0.3) is 0 Å². The Bertz CT molecular complexity index is 260. The normalized spacial score (nSPS) is 13.1. The minimum Gasteiger partial charge on any atom is -0.330 e. The highest BCUT2D eigenvalue weighted by molar-refractivity contribution is 7.09. The van der Waals surface area contributed by atoms with Gasteiger partial charge in [-0.05, 0) is 32.4 Å². The van der Waals surface area contributed by atoms with Gasteiger partial charge >= 0.3 is 0 Å². The maximum atomic E-state index is 5.48. The second-order valence-corrected chi connectivity index (χ2v) is 4.64. The Morgan fingerprint density at radius 2 is 2.43 bits per heavy atom. The first-order chi connectivity index (χ1) is 6.72. The Morgan fingerprint density at radius 1 is 1.64 bits per heavy atom. The molecule has 0 amide bonds. The lowest BCUT2D eigenvalue weighted by molar-refractivity contribution is 0.486. The molecule has 1 atom stereocenters. The van der Waals surface area contributed by atoms with Crippen molar-refractivity contribution in [1.82, 2.24) is 10.3 Å². The molecule has 14 heavy (non-hydrogen) atoms. The summed E-state index contributed by atoms with van der Waals surface area (Å²) in [6.07, 6.45) is 1.09. The number of hydrogen-bond acceptors (Lipinski definition) is 4. The molecular formula is C10H19N3S. The van der Waals surface area contributed by atoms with Gasteiger partial charge in [-0.3, -0.25) is 0 Å². The van der Waals surface area contributed by atoms with E-state index in [1.165, 1.54) is 5.01 Å². The smallest absolute Gasteiger partial charge is 0.107 e. The number of thiazole rings is 1. The van der Waals surface area contributed by atoms with Gasteiger partial charge in [-0.15, -0.1) is 11.3 Å². The van der Waals surface area contributed by atoms with Crippen LogP contribution < -0.4 is 11.1 Å². The summed E-state index contributed by atoms with van der Waals surface area (Å²) in [5.41, 5.74) is 6.59. The number of nitrogens with two attached hydrogens (primary N) is 1. The topological polar surface area (TPSA) is 50.9 Å². The van der Waals surface area contributed by atoms with Gasteiger partial charge in [0, 0.05) is 17.6 Å². The molecule has 0 aliphatic carbocycles. The molecule has 4 heteroatoms. The third-order valence-corrected chi connectivity index (χ3v) is 3.06. The first kappa shape index (κ1) is 11.6. The minimum atomic E-state index is 0.654. The van der Waals surface area contributed by atoms with E-state index in [1.54, 1.807) is 11.3 Å². The summed E-state index contributed by atoms with van der Waals surface area (Å²) in [6, 6.07) is 0. The predicted molar refractivity (Wildman–Crippen MR) is 61.4 cm³/mol. The van der Waals surface area contributed by atoms with E-state index in [9.17, 15) is 0 Å². The molecule has 3 nitrogen and oxygen atoms in total. The van der Waals surface area contributed by atoms with Crippen molar-refractivity contribution in [2.75, 3.05) is 13.1 Å². The monoisotopic (exact) mass is 213 g/mol. The number of aromatic nitrogens is 1. The van der Waals surface area contributed by atoms with Gasteiger partial charge in [0.1, 0.15) is 5.01 Å². The molecule has 3 N–H and O–H groups in total. The van der Waals surface area contributed by atoms with Crippen molar-refractivity contribution < 1.29 is 0 Å². The van der Waals surface area contributed by atoms with E-state index in [2.05, 4.69) is 22.6 Å². The van der Waals surface area contributed by atoms with Crippen LogP contribution in [0.4, 0.5) is 0 Å². The van der Waals surface area contributed by atoms with Crippen LogP contribution in [-0.2, 0) is 6.54 Å². The van der Waals surface area contributed by atoms with Crippen LogP contribution in [0.2, 0.25) is 0 Å². The second-order valence-electron chi connectivity index (χ2n) is 3.70. The van der Waals surface area contributed by atoms with Crippen LogP contribution in [0.15, 0.2) is 5.38 Å². The van der Waals surface area contributed by atoms with Crippen LogP contribution in [0, 0.1) is 12.8 Å². The molecule has 0 saturated heterocycles. The van der Waals surface area contributed by atoms with E-state index >= 15 is 0 Å². The van der Waals surface area contributed by atoms with Crippen molar-refractivity contribution >= 4 is 11.3 Å². The largest absolute Gasteiger partial charge is 0.330 e. The first-order valence-electron chi connectivity index (χ1n) is 5.04. The van der Waals surface area contributed by atoms with E-state index in [1.807, 2.05) is 6.92 Å². The van der Waals surface area contributed by atoms with Crippen molar-refractivity contribution in [3.8, 4) is 0 Å². The molecule has 0 aliphatic heterocycles. The Balaban J connectivity index is 2.15. The van der Waals surface area contributed by atoms with Gasteiger partial charge in [0.25, 0.3) is 0 Å². The summed E-state index contributed by atoms with van der Waals surface area (Å²) in [4.78, 5) is 4.38. The number of rotatable bonds is 6. The zero-order valence-electron chi connectivity index (χ0n) is 8.92. The average molecular weight is 213 g/mol. The second kappa shape index (κ2) is 6.11. The fourth-order valence-electron chi connectivity index (χ4n) is 1.30. The highest BCUT2D eigenvalue weighted by Gasteiger charge is 2.01. The van der Waals surface area contributed by atoms with Crippen molar-refractivity contribution in [1.29, 1.82) is 0 Å². The lowest BCUT2D eigenvalue weighted by atomic mass is 10.1. The lowest BCUT2D eigenvalue weighted by Crippen LogP contribution is -2.22. The van der Waals surface area contributed by atoms with Gasteiger partial charge < -0.3 is 11.1 Å². The minimum absolute atomic E-state index is 0.654. The van der Waals surface area contributed by atoms with E-state index in [0.717, 1.165) is 31.7 Å². The standard InChI is InChI=1S/C10H19N3S/c1-8(3-4-11)5-12-6-10-13-9(2)7-14-10/h7-8,12H,3-6,11H2,1-2H3. The fraction of sp³-hybridized carbons (Fsp3) is 0.700. The molecule has 0 spiro atoms. The van der Waals surface area contributed by atoms with E-state index < -0.39 is 0 Å². The highest BCUT2D eigenvalue weighted by atomic mass is 32.1. The van der Waals surface area contributed by atoms with Gasteiger partial charge in [-0.1, -0.05) is 6.92 Å². The van der Waals surface area contributed by atoms with Gasteiger partial charge in [-0.2, -0.15) is 0 Å². The third kappa shape index (κ3) is 4.17. The molecular weight excluding hydrogens is 194 g/mol. The number of hydrogen-bond donors (Lipinski definition) is 2. The molecule has 1 aromatic rings. The Kier molecular flexibility index (Phi) is 5.07. The SMILES string of the molecule is Cc1csc(CNCC(C)CCN)n1. The van der Waals surface area contributed by atoms with E-state index in [-0.39, 0.29) is 0 Å². The predicted octanol–water partition coefficient (Wildman–Crippen LogP) is 1.53. The quantitative estimate of drug-likeness (QED) is 0.753. The van der Waals surface area contributed by atoms with Crippen LogP contribution in [0.5, 0.6) is 0 Å². The molecule has 0 aromatic carbocycles. The summed E-state index contributed by atoms with van der Waals surface area (Å²) >= 11 is 1.72. The molecule has 0 aliphatic rings. The van der Waals surface area contributed by atoms with Crippen molar-refractivity contribution in [3.05, 3.63) is 16.1 Å². The van der Waals surface area contributed by atoms with Crippen molar-refractivity contribution in [2.45, 2.75) is 26.8 Å². The maximum Gasteiger partial charge on any atom is 0.107 e. The van der Waals surface area contributed by atoms with Crippen LogP contribution >= 0.6 is 11.3 Å². The van der Waals surface area contributed by atoms with E-state index in [4.69, 9.17) is 5.73 Å². The Labute approximate surface area is 89.7 Å². The maximum absolute atomic E-state index is 5.48. The molecule has 1 rings (SSSR count). The summed E-state index contributed by atoms with van der Waals surface area (Å²) in [5.74, 6) is 0.654. The Morgan fingerprint density at radius 3 is 3.00 bits per heavy atom. The third-order valence-electron chi connectivity index (χ3n) is 2.10. The van der Waals surface area contributed by atoms with Gasteiger partial charge in [-0.25, -0.2) is 4.98 Å². The Hall–Kier alpha value is -0.450. The number of aryl methyl sites for hydroxylation is 1. The van der Waals surface area contributed by atoms with Crippen LogP contribution in [-0.4, -0.2) is 18.1 Å². The highest BCUT2D eigenvalue weighted by Crippen LogP contribution is 2.08. The molecule has 0 bridgehead atoms. The van der Waals surface area contributed by atoms with Gasteiger partial charge in [0.15, 0.2) is 0 Å². The summed E-state index contributed by atoms with van der Waals surface area (Å²) in [6.45, 7) is 6.92. The lowest BCUT2D eigenvalue weighted by Gasteiger charge is -2.09. The van der Waals surface area contributed by atoms with Crippen LogP contribution in [0.1, 0.15) is 24.0 Å². The summed E-state index contributed by atoms with van der Waals surface area (Å²) in [5, 5.41) is 6.64. The molecule has 80 valence electrons. The van der Waals surface area contributed by atoms with Crippen molar-refractivity contribution in [2.24, 2.45) is 11.7 Å². The zero-order valence-corrected chi connectivity index (χ0v) is 9.73. The average Bonchev–Trinajstić information content (AvgIpc) is 2.52. The van der Waals surface area contributed by atoms with Crippen molar-refractivity contribution in [3.63, 3.8) is 0 Å². The summed E-state index contributed by atoms with van der Waals surface area (Å²) in [7, 11) is 0. The molecule has 1 unspecified atom stereocenters. The molecule has 1 aromatic heterocycles. The molecule has 1 heterocycles. The summed E-state index contributed by atoms with van der Waals surface area (Å²) < 4.78 is 0.